The molecule has 1 N–H and O–H groups in total. The molecule has 1 saturated heterocycles. The molecule has 1 aliphatic heterocycles. The van der Waals surface area contributed by atoms with Crippen LogP contribution in [-0.2, 0) is 6.54 Å². The Balaban J connectivity index is 1.23. The third-order valence-electron chi connectivity index (χ3n) is 6.69. The highest BCUT2D eigenvalue weighted by Gasteiger charge is 2.24. The van der Waals surface area contributed by atoms with E-state index in [-0.39, 0.29) is 6.61 Å². The number of aliphatic hydroxyl groups excluding tert-OH is 1. The maximum Gasteiger partial charge on any atom is 0.120 e. The normalized spacial score (nSPS) is 19.0. The van der Waals surface area contributed by atoms with E-state index < -0.39 is 0 Å². The summed E-state index contributed by atoms with van der Waals surface area (Å²) in [6, 6.07) is 18.1. The first-order chi connectivity index (χ1) is 15.8. The summed E-state index contributed by atoms with van der Waals surface area (Å²) in [5.74, 6) is 0.864. The molecule has 0 atom stereocenters. The molecule has 0 aromatic heterocycles. The van der Waals surface area contributed by atoms with Crippen molar-refractivity contribution in [1.82, 2.24) is 9.80 Å². The molecular formula is C27H38N2O2S. The molecule has 0 unspecified atom stereocenters. The van der Waals surface area contributed by atoms with Gasteiger partial charge in [0.15, 0.2) is 0 Å². The van der Waals surface area contributed by atoms with Gasteiger partial charge in [-0.3, -0.25) is 9.80 Å². The van der Waals surface area contributed by atoms with Gasteiger partial charge in [0.2, 0.25) is 0 Å². The van der Waals surface area contributed by atoms with Crippen LogP contribution < -0.4 is 4.74 Å². The van der Waals surface area contributed by atoms with Crippen molar-refractivity contribution in [3.63, 3.8) is 0 Å². The number of piperazine rings is 1. The topological polar surface area (TPSA) is 35.9 Å². The Bertz CT molecular complexity index is 798. The lowest BCUT2D eigenvalue weighted by Crippen LogP contribution is -2.49. The number of ether oxygens (including phenoxy) is 1. The van der Waals surface area contributed by atoms with E-state index in [1.807, 2.05) is 12.1 Å². The fourth-order valence-electron chi connectivity index (χ4n) is 4.85. The molecule has 4 rings (SSSR count). The van der Waals surface area contributed by atoms with Gasteiger partial charge >= 0.3 is 0 Å². The zero-order valence-corrected chi connectivity index (χ0v) is 20.1. The Kier molecular flexibility index (Phi) is 9.33. The van der Waals surface area contributed by atoms with E-state index in [1.165, 1.54) is 80.1 Å². The highest BCUT2D eigenvalue weighted by Crippen LogP contribution is 2.30. The quantitative estimate of drug-likeness (QED) is 0.403. The van der Waals surface area contributed by atoms with E-state index in [0.717, 1.165) is 18.3 Å². The third-order valence-corrected chi connectivity index (χ3v) is 7.69. The summed E-state index contributed by atoms with van der Waals surface area (Å²) in [5, 5.41) is 8.91. The first kappa shape index (κ1) is 23.6. The average molecular weight is 455 g/mol. The van der Waals surface area contributed by atoms with E-state index in [4.69, 9.17) is 9.84 Å². The molecule has 1 heterocycles. The van der Waals surface area contributed by atoms with Gasteiger partial charge in [0.1, 0.15) is 5.75 Å². The molecular weight excluding hydrogens is 416 g/mol. The van der Waals surface area contributed by atoms with Crippen LogP contribution in [0.2, 0.25) is 0 Å². The van der Waals surface area contributed by atoms with Crippen molar-refractivity contribution >= 4 is 11.8 Å². The Morgan fingerprint density at radius 2 is 1.62 bits per heavy atom. The largest absolute Gasteiger partial charge is 0.493 e. The second-order valence-corrected chi connectivity index (χ2v) is 10.3. The molecule has 1 aliphatic carbocycles. The van der Waals surface area contributed by atoms with Crippen molar-refractivity contribution in [2.75, 3.05) is 39.4 Å². The zero-order chi connectivity index (χ0) is 22.0. The predicted molar refractivity (Wildman–Crippen MR) is 133 cm³/mol. The Morgan fingerprint density at radius 1 is 0.875 bits per heavy atom. The zero-order valence-electron chi connectivity index (χ0n) is 19.3. The fraction of sp³-hybridized carbons (Fsp3) is 0.556. The van der Waals surface area contributed by atoms with E-state index in [0.29, 0.717) is 13.0 Å². The monoisotopic (exact) mass is 454 g/mol. The van der Waals surface area contributed by atoms with Crippen LogP contribution in [0.5, 0.6) is 5.75 Å². The maximum atomic E-state index is 8.91. The van der Waals surface area contributed by atoms with Crippen LogP contribution >= 0.6 is 11.8 Å². The van der Waals surface area contributed by atoms with Crippen molar-refractivity contribution in [3.8, 4) is 5.75 Å². The first-order valence-electron chi connectivity index (χ1n) is 12.4. The highest BCUT2D eigenvalue weighted by molar-refractivity contribution is 7.99. The van der Waals surface area contributed by atoms with E-state index in [1.54, 1.807) is 11.8 Å². The number of hydrogen-bond donors (Lipinski definition) is 1. The van der Waals surface area contributed by atoms with Crippen molar-refractivity contribution in [3.05, 3.63) is 54.1 Å². The summed E-state index contributed by atoms with van der Waals surface area (Å²) >= 11 is 1.76. The molecule has 0 spiro atoms. The van der Waals surface area contributed by atoms with Crippen molar-refractivity contribution in [1.29, 1.82) is 0 Å². The molecule has 2 fully saturated rings. The van der Waals surface area contributed by atoms with Crippen LogP contribution in [0.4, 0.5) is 0 Å². The first-order valence-corrected chi connectivity index (χ1v) is 13.2. The maximum absolute atomic E-state index is 8.91. The van der Waals surface area contributed by atoms with Crippen molar-refractivity contribution in [2.45, 2.75) is 67.3 Å². The standard InChI is InChI=1S/C27H38N2O2S/c30-19-6-20-31-25-9-5-10-27(21-25)32-26-13-11-23(12-14-26)22-28-15-17-29(18-16-28)24-7-3-1-2-4-8-24/h5,9-14,21,24,30H,1-4,6-8,15-20,22H2. The summed E-state index contributed by atoms with van der Waals surface area (Å²) < 4.78 is 5.70. The van der Waals surface area contributed by atoms with Gasteiger partial charge < -0.3 is 9.84 Å². The molecule has 0 radical (unpaired) electrons. The lowest BCUT2D eigenvalue weighted by atomic mass is 10.1. The summed E-state index contributed by atoms with van der Waals surface area (Å²) in [6.45, 7) is 6.61. The Labute approximate surface area is 198 Å². The van der Waals surface area contributed by atoms with Gasteiger partial charge in [-0.05, 0) is 48.7 Å². The second kappa shape index (κ2) is 12.6. The number of rotatable bonds is 9. The molecule has 1 saturated carbocycles. The van der Waals surface area contributed by atoms with E-state index >= 15 is 0 Å². The number of hydrogen-bond acceptors (Lipinski definition) is 5. The lowest BCUT2D eigenvalue weighted by molar-refractivity contribution is 0.0851. The van der Waals surface area contributed by atoms with E-state index in [2.05, 4.69) is 46.2 Å². The van der Waals surface area contributed by atoms with Crippen molar-refractivity contribution < 1.29 is 9.84 Å². The van der Waals surface area contributed by atoms with Crippen LogP contribution in [-0.4, -0.2) is 60.3 Å². The van der Waals surface area contributed by atoms with Crippen LogP contribution in [0.25, 0.3) is 0 Å². The van der Waals surface area contributed by atoms with Gasteiger partial charge in [0, 0.05) is 61.6 Å². The molecule has 32 heavy (non-hydrogen) atoms. The van der Waals surface area contributed by atoms with Crippen LogP contribution in [0.3, 0.4) is 0 Å². The molecule has 4 nitrogen and oxygen atoms in total. The van der Waals surface area contributed by atoms with E-state index in [9.17, 15) is 0 Å². The highest BCUT2D eigenvalue weighted by atomic mass is 32.2. The third kappa shape index (κ3) is 7.24. The van der Waals surface area contributed by atoms with Crippen LogP contribution in [0, 0.1) is 0 Å². The fourth-order valence-corrected chi connectivity index (χ4v) is 5.71. The van der Waals surface area contributed by atoms with Gasteiger partial charge in [-0.2, -0.15) is 0 Å². The molecule has 2 aromatic rings. The smallest absolute Gasteiger partial charge is 0.120 e. The minimum Gasteiger partial charge on any atom is -0.493 e. The average Bonchev–Trinajstić information content (AvgIpc) is 3.11. The summed E-state index contributed by atoms with van der Waals surface area (Å²) in [5.41, 5.74) is 1.40. The predicted octanol–water partition coefficient (Wildman–Crippen LogP) is 5.44. The van der Waals surface area contributed by atoms with Gasteiger partial charge in [0.25, 0.3) is 0 Å². The van der Waals surface area contributed by atoms with Gasteiger partial charge in [-0.1, -0.05) is 55.6 Å². The molecule has 0 bridgehead atoms. The summed E-state index contributed by atoms with van der Waals surface area (Å²) in [7, 11) is 0. The van der Waals surface area contributed by atoms with Crippen molar-refractivity contribution in [2.24, 2.45) is 0 Å². The molecule has 5 heteroatoms. The summed E-state index contributed by atoms with van der Waals surface area (Å²) in [4.78, 5) is 7.81. The SMILES string of the molecule is OCCCOc1cccc(Sc2ccc(CN3CCN(C4CCCCCC4)CC3)cc2)c1. The Hall–Kier alpha value is -1.53. The number of benzene rings is 2. The molecule has 2 aromatic carbocycles. The minimum absolute atomic E-state index is 0.164. The molecule has 174 valence electrons. The number of aliphatic hydroxyl groups is 1. The van der Waals surface area contributed by atoms with Crippen LogP contribution in [0.1, 0.15) is 50.5 Å². The van der Waals surface area contributed by atoms with Crippen LogP contribution in [0.15, 0.2) is 58.3 Å². The summed E-state index contributed by atoms with van der Waals surface area (Å²) in [6.07, 6.45) is 9.22. The lowest BCUT2D eigenvalue weighted by Gasteiger charge is -2.39. The molecule has 0 amide bonds. The van der Waals surface area contributed by atoms with Gasteiger partial charge in [0.05, 0.1) is 6.61 Å². The number of nitrogens with zero attached hydrogens (tertiary/aromatic N) is 2. The second-order valence-electron chi connectivity index (χ2n) is 9.10. The Morgan fingerprint density at radius 3 is 2.34 bits per heavy atom. The van der Waals surface area contributed by atoms with Gasteiger partial charge in [-0.25, -0.2) is 0 Å². The van der Waals surface area contributed by atoms with Gasteiger partial charge in [-0.15, -0.1) is 0 Å². The minimum atomic E-state index is 0.164. The molecule has 2 aliphatic rings.